The summed E-state index contributed by atoms with van der Waals surface area (Å²) in [6.07, 6.45) is 1.20. The van der Waals surface area contributed by atoms with E-state index in [0.29, 0.717) is 0 Å². The minimum atomic E-state index is -1.50. The molecule has 0 spiro atoms. The van der Waals surface area contributed by atoms with E-state index < -0.39 is 40.7 Å². The van der Waals surface area contributed by atoms with Crippen LogP contribution >= 0.6 is 0 Å². The standard InChI is InChI=1S/C11H18N2O6S/c1-2-5-20(19)6-8(11(17)18)13-9(14)4-3-7(12)10(15)16/h2,5,7-8H,3-4,6,12H2,1H3,(H,13,14)(H,15,16)(H,17,18)/b5-2-/t7-,8-,20+/m0/s1. The summed E-state index contributed by atoms with van der Waals surface area (Å²) in [4.78, 5) is 32.9. The van der Waals surface area contributed by atoms with Gasteiger partial charge in [-0.3, -0.25) is 13.8 Å². The second kappa shape index (κ2) is 9.21. The van der Waals surface area contributed by atoms with Gasteiger partial charge in [0.05, 0.1) is 5.75 Å². The van der Waals surface area contributed by atoms with Crippen molar-refractivity contribution in [3.63, 3.8) is 0 Å². The number of carboxylic acids is 2. The number of carboxylic acid groups (broad SMARTS) is 2. The van der Waals surface area contributed by atoms with Crippen LogP contribution in [0.4, 0.5) is 0 Å². The topological polar surface area (TPSA) is 147 Å². The molecule has 114 valence electrons. The Kier molecular flexibility index (Phi) is 8.41. The van der Waals surface area contributed by atoms with Gasteiger partial charge in [0.15, 0.2) is 0 Å². The van der Waals surface area contributed by atoms with Crippen LogP contribution in [0.5, 0.6) is 0 Å². The van der Waals surface area contributed by atoms with E-state index in [1.54, 1.807) is 6.92 Å². The smallest absolute Gasteiger partial charge is 0.327 e. The molecule has 0 rings (SSSR count). The molecule has 0 aromatic carbocycles. The first-order chi connectivity index (χ1) is 9.27. The monoisotopic (exact) mass is 306 g/mol. The third kappa shape index (κ3) is 7.64. The van der Waals surface area contributed by atoms with Crippen LogP contribution in [-0.4, -0.2) is 50.1 Å². The lowest BCUT2D eigenvalue weighted by molar-refractivity contribution is -0.141. The third-order valence-electron chi connectivity index (χ3n) is 2.25. The fourth-order valence-electron chi connectivity index (χ4n) is 1.22. The average Bonchev–Trinajstić information content (AvgIpc) is 2.35. The summed E-state index contributed by atoms with van der Waals surface area (Å²) in [5.41, 5.74) is 5.22. The molecule has 1 amide bonds. The summed E-state index contributed by atoms with van der Waals surface area (Å²) in [7, 11) is -1.50. The predicted octanol–water partition coefficient (Wildman–Crippen LogP) is -0.970. The van der Waals surface area contributed by atoms with Gasteiger partial charge in [0.1, 0.15) is 12.1 Å². The molecule has 0 bridgehead atoms. The number of carbonyl (C=O) groups is 3. The van der Waals surface area contributed by atoms with E-state index in [1.807, 2.05) is 0 Å². The molecule has 0 aromatic heterocycles. The number of nitrogens with one attached hydrogen (secondary N) is 1. The van der Waals surface area contributed by atoms with Crippen molar-refractivity contribution in [3.8, 4) is 0 Å². The molecule has 3 atom stereocenters. The fourth-order valence-corrected chi connectivity index (χ4v) is 2.19. The maximum Gasteiger partial charge on any atom is 0.327 e. The first-order valence-corrected chi connectivity index (χ1v) is 7.16. The molecule has 0 aliphatic carbocycles. The van der Waals surface area contributed by atoms with Crippen LogP contribution in [-0.2, 0) is 25.2 Å². The highest BCUT2D eigenvalue weighted by Gasteiger charge is 2.22. The zero-order valence-electron chi connectivity index (χ0n) is 10.9. The van der Waals surface area contributed by atoms with Crippen LogP contribution in [0.2, 0.25) is 0 Å². The second-order valence-electron chi connectivity index (χ2n) is 3.96. The summed E-state index contributed by atoms with van der Waals surface area (Å²) in [5.74, 6) is -3.44. The number of nitrogens with two attached hydrogens (primary N) is 1. The molecule has 5 N–H and O–H groups in total. The van der Waals surface area contributed by atoms with Crippen molar-refractivity contribution < 1.29 is 28.8 Å². The molecule has 0 saturated carbocycles. The van der Waals surface area contributed by atoms with Crippen LogP contribution < -0.4 is 11.1 Å². The third-order valence-corrected chi connectivity index (χ3v) is 3.49. The van der Waals surface area contributed by atoms with E-state index >= 15 is 0 Å². The number of carbonyl (C=O) groups excluding carboxylic acids is 1. The molecule has 0 saturated heterocycles. The van der Waals surface area contributed by atoms with E-state index in [4.69, 9.17) is 15.9 Å². The summed E-state index contributed by atoms with van der Waals surface area (Å²) in [5, 5.41) is 21.0. The maximum absolute atomic E-state index is 11.5. The lowest BCUT2D eigenvalue weighted by Gasteiger charge is -2.13. The quantitative estimate of drug-likeness (QED) is 0.428. The average molecular weight is 306 g/mol. The van der Waals surface area contributed by atoms with E-state index in [2.05, 4.69) is 5.32 Å². The molecule has 0 heterocycles. The van der Waals surface area contributed by atoms with Gasteiger partial charge >= 0.3 is 11.9 Å². The van der Waals surface area contributed by atoms with Crippen molar-refractivity contribution in [3.05, 3.63) is 11.5 Å². The fraction of sp³-hybridized carbons (Fsp3) is 0.545. The van der Waals surface area contributed by atoms with Gasteiger partial charge in [0.25, 0.3) is 0 Å². The zero-order valence-corrected chi connectivity index (χ0v) is 11.8. The van der Waals surface area contributed by atoms with Crippen LogP contribution in [0.15, 0.2) is 11.5 Å². The summed E-state index contributed by atoms with van der Waals surface area (Å²) in [6.45, 7) is 1.64. The maximum atomic E-state index is 11.5. The molecule has 0 aromatic rings. The molecule has 0 aliphatic rings. The Morgan fingerprint density at radius 1 is 1.30 bits per heavy atom. The van der Waals surface area contributed by atoms with Gasteiger partial charge in [-0.15, -0.1) is 0 Å². The number of hydrogen-bond donors (Lipinski definition) is 4. The first kappa shape index (κ1) is 18.3. The summed E-state index contributed by atoms with van der Waals surface area (Å²) >= 11 is 0. The van der Waals surface area contributed by atoms with E-state index in [-0.39, 0.29) is 18.6 Å². The molecular formula is C11H18N2O6S. The first-order valence-electron chi connectivity index (χ1n) is 5.78. The Bertz CT molecular complexity index is 423. The molecule has 0 aliphatic heterocycles. The van der Waals surface area contributed by atoms with E-state index in [1.165, 1.54) is 11.5 Å². The van der Waals surface area contributed by atoms with Crippen LogP contribution in [0, 0.1) is 0 Å². The Hall–Kier alpha value is -1.74. The highest BCUT2D eigenvalue weighted by molar-refractivity contribution is 7.88. The Labute approximate surface area is 118 Å². The van der Waals surface area contributed by atoms with Crippen LogP contribution in [0.1, 0.15) is 19.8 Å². The van der Waals surface area contributed by atoms with Gasteiger partial charge < -0.3 is 21.3 Å². The van der Waals surface area contributed by atoms with Gasteiger partial charge in [-0.05, 0) is 18.8 Å². The molecule has 0 fully saturated rings. The van der Waals surface area contributed by atoms with E-state index in [0.717, 1.165) is 0 Å². The number of allylic oxidation sites excluding steroid dienone is 1. The zero-order chi connectivity index (χ0) is 15.7. The molecule has 0 radical (unpaired) electrons. The van der Waals surface area contributed by atoms with Crippen molar-refractivity contribution in [1.29, 1.82) is 0 Å². The summed E-state index contributed by atoms with van der Waals surface area (Å²) < 4.78 is 11.4. The van der Waals surface area contributed by atoms with Gasteiger partial charge in [-0.25, -0.2) is 4.79 Å². The van der Waals surface area contributed by atoms with Gasteiger partial charge in [-0.1, -0.05) is 6.08 Å². The van der Waals surface area contributed by atoms with Crippen molar-refractivity contribution in [2.24, 2.45) is 5.73 Å². The molecular weight excluding hydrogens is 288 g/mol. The van der Waals surface area contributed by atoms with Crippen LogP contribution in [0.25, 0.3) is 0 Å². The number of rotatable bonds is 9. The van der Waals surface area contributed by atoms with Gasteiger partial charge in [0.2, 0.25) is 5.91 Å². The van der Waals surface area contributed by atoms with Crippen molar-refractivity contribution in [1.82, 2.24) is 5.32 Å². The number of amides is 1. The summed E-state index contributed by atoms with van der Waals surface area (Å²) in [6, 6.07) is -2.47. The highest BCUT2D eigenvalue weighted by Crippen LogP contribution is 1.98. The highest BCUT2D eigenvalue weighted by atomic mass is 32.2. The van der Waals surface area contributed by atoms with Gasteiger partial charge in [0, 0.05) is 17.2 Å². The molecule has 0 unspecified atom stereocenters. The lowest BCUT2D eigenvalue weighted by atomic mass is 10.1. The van der Waals surface area contributed by atoms with Crippen molar-refractivity contribution in [2.45, 2.75) is 31.8 Å². The van der Waals surface area contributed by atoms with Crippen LogP contribution in [0.3, 0.4) is 0 Å². The van der Waals surface area contributed by atoms with Gasteiger partial charge in [-0.2, -0.15) is 0 Å². The number of hydrogen-bond acceptors (Lipinski definition) is 5. The predicted molar refractivity (Wildman–Crippen MR) is 72.2 cm³/mol. The second-order valence-corrected chi connectivity index (χ2v) is 5.33. The minimum Gasteiger partial charge on any atom is -0.480 e. The van der Waals surface area contributed by atoms with Crippen molar-refractivity contribution >= 4 is 28.6 Å². The van der Waals surface area contributed by atoms with Crippen molar-refractivity contribution in [2.75, 3.05) is 5.75 Å². The SMILES string of the molecule is C/C=C\[S@@](=O)C[C@H](NC(=O)CC[C@H](N)C(=O)O)C(=O)O. The minimum absolute atomic E-state index is 0.106. The lowest BCUT2D eigenvalue weighted by Crippen LogP contribution is -2.44. The largest absolute Gasteiger partial charge is 0.480 e. The Morgan fingerprint density at radius 3 is 2.35 bits per heavy atom. The molecule has 9 heteroatoms. The molecule has 8 nitrogen and oxygen atoms in total. The number of aliphatic carboxylic acids is 2. The Morgan fingerprint density at radius 2 is 1.90 bits per heavy atom. The molecule has 20 heavy (non-hydrogen) atoms. The normalized spacial score (nSPS) is 15.5. The van der Waals surface area contributed by atoms with E-state index in [9.17, 15) is 18.6 Å². The Balaban J connectivity index is 4.38.